The molecule has 2 N–H and O–H groups in total. The SMILES string of the molecule is O=C([O-])CC1SC(NN=Cc2ccco2)NC1=O. The summed E-state index contributed by atoms with van der Waals surface area (Å²) in [6, 6.07) is 3.45. The molecular formula is C10H10N3O4S-. The number of nitrogens with one attached hydrogen (secondary N) is 2. The summed E-state index contributed by atoms with van der Waals surface area (Å²) < 4.78 is 5.02. The lowest BCUT2D eigenvalue weighted by molar-refractivity contribution is -0.305. The maximum atomic E-state index is 11.4. The number of rotatable bonds is 5. The summed E-state index contributed by atoms with van der Waals surface area (Å²) in [6.07, 6.45) is 2.67. The molecule has 2 rings (SSSR count). The van der Waals surface area contributed by atoms with Gasteiger partial charge in [-0.3, -0.25) is 10.2 Å². The molecule has 96 valence electrons. The molecule has 0 bridgehead atoms. The molecule has 1 amide bonds. The van der Waals surface area contributed by atoms with Crippen LogP contribution in [0.3, 0.4) is 0 Å². The van der Waals surface area contributed by atoms with Crippen LogP contribution in [0.2, 0.25) is 0 Å². The second-order valence-electron chi connectivity index (χ2n) is 3.49. The minimum absolute atomic E-state index is 0.309. The molecule has 0 radical (unpaired) electrons. The van der Waals surface area contributed by atoms with Crippen molar-refractivity contribution in [3.05, 3.63) is 24.2 Å². The zero-order chi connectivity index (χ0) is 13.0. The van der Waals surface area contributed by atoms with Crippen molar-refractivity contribution in [2.75, 3.05) is 0 Å². The average molecular weight is 268 g/mol. The molecule has 1 aromatic rings. The van der Waals surface area contributed by atoms with Gasteiger partial charge in [-0.05, 0) is 12.1 Å². The number of carboxylic acid groups (broad SMARTS) is 1. The van der Waals surface area contributed by atoms with Gasteiger partial charge >= 0.3 is 0 Å². The van der Waals surface area contributed by atoms with Crippen molar-refractivity contribution in [3.63, 3.8) is 0 Å². The Morgan fingerprint density at radius 2 is 2.56 bits per heavy atom. The Kier molecular flexibility index (Phi) is 3.88. The maximum Gasteiger partial charge on any atom is 0.235 e. The van der Waals surface area contributed by atoms with Crippen LogP contribution in [-0.4, -0.2) is 28.8 Å². The van der Waals surface area contributed by atoms with Gasteiger partial charge in [-0.1, -0.05) is 0 Å². The molecule has 0 aromatic carbocycles. The van der Waals surface area contributed by atoms with Crippen LogP contribution in [0.15, 0.2) is 27.9 Å². The Bertz CT molecular complexity index is 460. The largest absolute Gasteiger partial charge is 0.550 e. The molecule has 0 aliphatic carbocycles. The fourth-order valence-corrected chi connectivity index (χ4v) is 2.43. The lowest BCUT2D eigenvalue weighted by Gasteiger charge is -2.08. The van der Waals surface area contributed by atoms with Crippen molar-refractivity contribution in [1.29, 1.82) is 0 Å². The van der Waals surface area contributed by atoms with E-state index in [1.807, 2.05) is 0 Å². The monoisotopic (exact) mass is 268 g/mol. The van der Waals surface area contributed by atoms with Crippen LogP contribution in [0.5, 0.6) is 0 Å². The van der Waals surface area contributed by atoms with Crippen LogP contribution >= 0.6 is 11.8 Å². The van der Waals surface area contributed by atoms with Crippen LogP contribution in [0.1, 0.15) is 12.2 Å². The minimum Gasteiger partial charge on any atom is -0.550 e. The molecule has 2 unspecified atom stereocenters. The van der Waals surface area contributed by atoms with E-state index < -0.39 is 16.7 Å². The van der Waals surface area contributed by atoms with E-state index in [1.54, 1.807) is 12.1 Å². The topological polar surface area (TPSA) is 107 Å². The molecule has 8 heteroatoms. The van der Waals surface area contributed by atoms with Gasteiger partial charge in [0, 0.05) is 12.4 Å². The average Bonchev–Trinajstić information content (AvgIpc) is 2.90. The highest BCUT2D eigenvalue weighted by molar-refractivity contribution is 8.01. The summed E-state index contributed by atoms with van der Waals surface area (Å²) in [7, 11) is 0. The van der Waals surface area contributed by atoms with E-state index in [9.17, 15) is 14.7 Å². The highest BCUT2D eigenvalue weighted by Crippen LogP contribution is 2.24. The van der Waals surface area contributed by atoms with Crippen molar-refractivity contribution in [2.24, 2.45) is 5.10 Å². The minimum atomic E-state index is -1.25. The molecule has 1 aliphatic rings. The van der Waals surface area contributed by atoms with Gasteiger partial charge in [0.25, 0.3) is 0 Å². The molecule has 18 heavy (non-hydrogen) atoms. The third kappa shape index (κ3) is 3.27. The van der Waals surface area contributed by atoms with Gasteiger partial charge in [0.15, 0.2) is 5.50 Å². The Hall–Kier alpha value is -1.96. The number of aliphatic carboxylic acids is 1. The predicted octanol–water partition coefficient (Wildman–Crippen LogP) is -1.14. The van der Waals surface area contributed by atoms with Crippen molar-refractivity contribution in [3.8, 4) is 0 Å². The zero-order valence-electron chi connectivity index (χ0n) is 9.16. The second-order valence-corrected chi connectivity index (χ2v) is 4.80. The van der Waals surface area contributed by atoms with Crippen LogP contribution in [-0.2, 0) is 9.59 Å². The van der Waals surface area contributed by atoms with E-state index in [-0.39, 0.29) is 12.3 Å². The lowest BCUT2D eigenvalue weighted by Crippen LogP contribution is -2.36. The fraction of sp³-hybridized carbons (Fsp3) is 0.300. The highest BCUT2D eigenvalue weighted by Gasteiger charge is 2.32. The number of furan rings is 1. The van der Waals surface area contributed by atoms with Crippen LogP contribution in [0.25, 0.3) is 0 Å². The standard InChI is InChI=1S/C10H11N3O4S/c14-8(15)4-7-9(16)12-10(18-7)13-11-5-6-2-1-3-17-6/h1-3,5,7,10,13H,4H2,(H,12,16)(H,14,15)/p-1. The number of hydrogen-bond acceptors (Lipinski definition) is 7. The van der Waals surface area contributed by atoms with E-state index >= 15 is 0 Å². The first-order chi connectivity index (χ1) is 8.65. The van der Waals surface area contributed by atoms with Crippen LogP contribution in [0.4, 0.5) is 0 Å². The Morgan fingerprint density at radius 1 is 1.72 bits per heavy atom. The van der Waals surface area contributed by atoms with Crippen LogP contribution < -0.4 is 15.8 Å². The molecule has 0 spiro atoms. The second kappa shape index (κ2) is 5.58. The number of carbonyl (C=O) groups excluding carboxylic acids is 2. The molecule has 0 saturated carbocycles. The summed E-state index contributed by atoms with van der Waals surface area (Å²) >= 11 is 1.15. The quantitative estimate of drug-likeness (QED) is 0.516. The number of thioether (sulfide) groups is 1. The third-order valence-electron chi connectivity index (χ3n) is 2.14. The molecular weight excluding hydrogens is 258 g/mol. The molecule has 1 saturated heterocycles. The first kappa shape index (κ1) is 12.5. The number of carboxylic acids is 1. The van der Waals surface area contributed by atoms with Gasteiger partial charge in [0.05, 0.1) is 17.7 Å². The van der Waals surface area contributed by atoms with Gasteiger partial charge < -0.3 is 19.6 Å². The highest BCUT2D eigenvalue weighted by atomic mass is 32.2. The van der Waals surface area contributed by atoms with E-state index in [1.165, 1.54) is 12.5 Å². The van der Waals surface area contributed by atoms with E-state index in [0.717, 1.165) is 11.8 Å². The zero-order valence-corrected chi connectivity index (χ0v) is 9.98. The molecule has 1 aliphatic heterocycles. The van der Waals surface area contributed by atoms with Gasteiger partial charge in [-0.25, -0.2) is 0 Å². The third-order valence-corrected chi connectivity index (χ3v) is 3.35. The Morgan fingerprint density at radius 3 is 3.22 bits per heavy atom. The van der Waals surface area contributed by atoms with Gasteiger partial charge in [-0.2, -0.15) is 5.10 Å². The first-order valence-electron chi connectivity index (χ1n) is 5.13. The van der Waals surface area contributed by atoms with Crippen molar-refractivity contribution in [1.82, 2.24) is 10.7 Å². The molecule has 1 aromatic heterocycles. The number of carbonyl (C=O) groups is 2. The number of hydrazone groups is 1. The molecule has 2 atom stereocenters. The summed E-state index contributed by atoms with van der Waals surface area (Å²) in [5, 5.41) is 16.2. The normalized spacial score (nSPS) is 23.2. The van der Waals surface area contributed by atoms with E-state index in [4.69, 9.17) is 4.42 Å². The number of nitrogens with zero attached hydrogens (tertiary/aromatic N) is 1. The fourth-order valence-electron chi connectivity index (χ4n) is 1.37. The summed E-state index contributed by atoms with van der Waals surface area (Å²) in [6.45, 7) is 0. The van der Waals surface area contributed by atoms with Gasteiger partial charge in [0.1, 0.15) is 5.76 Å². The van der Waals surface area contributed by atoms with Crippen LogP contribution in [0, 0.1) is 0 Å². The van der Waals surface area contributed by atoms with Crippen molar-refractivity contribution in [2.45, 2.75) is 17.2 Å². The maximum absolute atomic E-state index is 11.4. The van der Waals surface area contributed by atoms with Crippen molar-refractivity contribution >= 4 is 29.9 Å². The first-order valence-corrected chi connectivity index (χ1v) is 6.07. The molecule has 7 nitrogen and oxygen atoms in total. The number of hydrogen-bond donors (Lipinski definition) is 2. The number of amides is 1. The summed E-state index contributed by atoms with van der Waals surface area (Å²) in [5.41, 5.74) is 2.23. The van der Waals surface area contributed by atoms with E-state index in [0.29, 0.717) is 5.76 Å². The summed E-state index contributed by atoms with van der Waals surface area (Å²) in [5.74, 6) is -1.01. The molecule has 1 fully saturated rings. The van der Waals surface area contributed by atoms with Gasteiger partial charge in [0.2, 0.25) is 5.91 Å². The van der Waals surface area contributed by atoms with Gasteiger partial charge in [-0.15, -0.1) is 11.8 Å². The predicted molar refractivity (Wildman–Crippen MR) is 62.4 cm³/mol. The summed E-state index contributed by atoms with van der Waals surface area (Å²) in [4.78, 5) is 21.8. The Balaban J connectivity index is 1.82. The van der Waals surface area contributed by atoms with E-state index in [2.05, 4.69) is 15.8 Å². The lowest BCUT2D eigenvalue weighted by atomic mass is 10.3. The van der Waals surface area contributed by atoms with Crippen molar-refractivity contribution < 1.29 is 19.1 Å². The smallest absolute Gasteiger partial charge is 0.235 e. The molecule has 2 heterocycles. The Labute approximate surface area is 107 Å².